The maximum Gasteiger partial charge on any atom is 0.435 e. The van der Waals surface area contributed by atoms with Gasteiger partial charge in [-0.05, 0) is 39.0 Å². The summed E-state index contributed by atoms with van der Waals surface area (Å²) >= 11 is 0. The van der Waals surface area contributed by atoms with Gasteiger partial charge in [-0.25, -0.2) is 18.3 Å². The molecule has 0 atom stereocenters. The zero-order valence-corrected chi connectivity index (χ0v) is 14.1. The van der Waals surface area contributed by atoms with E-state index in [2.05, 4.69) is 10.4 Å². The van der Waals surface area contributed by atoms with Gasteiger partial charge in [0.05, 0.1) is 17.9 Å². The molecule has 2 aromatic rings. The van der Waals surface area contributed by atoms with Gasteiger partial charge in [0.15, 0.2) is 5.69 Å². The molecule has 1 N–H and O–H groups in total. The van der Waals surface area contributed by atoms with Crippen LogP contribution in [-0.4, -0.2) is 21.5 Å². The van der Waals surface area contributed by atoms with Gasteiger partial charge in [0.2, 0.25) is 0 Å². The van der Waals surface area contributed by atoms with Crippen molar-refractivity contribution in [1.82, 2.24) is 15.1 Å². The van der Waals surface area contributed by atoms with E-state index in [0.29, 0.717) is 16.8 Å². The van der Waals surface area contributed by atoms with Gasteiger partial charge in [0, 0.05) is 6.07 Å². The first-order valence-corrected chi connectivity index (χ1v) is 7.44. The standard InChI is InChI=1S/C16H16F5N3O2/c1-15(2,3)26-14(25)22-8-12-7-13(16(19,20)21)23-24(12)11-5-9(17)4-10(18)6-11/h4-7H,8H2,1-3H3,(H,22,25). The van der Waals surface area contributed by atoms with Gasteiger partial charge in [0.1, 0.15) is 17.2 Å². The molecule has 0 spiro atoms. The third kappa shape index (κ3) is 5.17. The van der Waals surface area contributed by atoms with E-state index in [-0.39, 0.29) is 11.4 Å². The Bertz CT molecular complexity index is 789. The molecule has 0 fully saturated rings. The molecular weight excluding hydrogens is 361 g/mol. The highest BCUT2D eigenvalue weighted by Crippen LogP contribution is 2.29. The number of halogens is 5. The van der Waals surface area contributed by atoms with Crippen LogP contribution in [0.5, 0.6) is 0 Å². The first kappa shape index (κ1) is 19.7. The second-order valence-electron chi connectivity index (χ2n) is 6.41. The first-order valence-electron chi connectivity index (χ1n) is 7.44. The molecule has 0 aliphatic carbocycles. The predicted molar refractivity (Wildman–Crippen MR) is 81.6 cm³/mol. The van der Waals surface area contributed by atoms with E-state index in [9.17, 15) is 26.7 Å². The molecule has 1 aromatic heterocycles. The third-order valence-corrected chi connectivity index (χ3v) is 2.98. The summed E-state index contributed by atoms with van der Waals surface area (Å²) in [4.78, 5) is 11.7. The summed E-state index contributed by atoms with van der Waals surface area (Å²) < 4.78 is 71.3. The molecular formula is C16H16F5N3O2. The van der Waals surface area contributed by atoms with E-state index >= 15 is 0 Å². The van der Waals surface area contributed by atoms with Crippen LogP contribution in [-0.2, 0) is 17.5 Å². The zero-order valence-electron chi connectivity index (χ0n) is 14.1. The molecule has 5 nitrogen and oxygen atoms in total. The number of aromatic nitrogens is 2. The summed E-state index contributed by atoms with van der Waals surface area (Å²) in [6.45, 7) is 4.46. The number of carbonyl (C=O) groups excluding carboxylic acids is 1. The molecule has 0 saturated carbocycles. The second kappa shape index (κ2) is 6.93. The molecule has 0 aliphatic rings. The minimum Gasteiger partial charge on any atom is -0.444 e. The second-order valence-corrected chi connectivity index (χ2v) is 6.41. The van der Waals surface area contributed by atoms with Gasteiger partial charge < -0.3 is 10.1 Å². The molecule has 1 aromatic carbocycles. The highest BCUT2D eigenvalue weighted by atomic mass is 19.4. The van der Waals surface area contributed by atoms with Crippen LogP contribution in [0, 0.1) is 11.6 Å². The number of alkyl carbamates (subject to hydrolysis) is 1. The number of nitrogens with zero attached hydrogens (tertiary/aromatic N) is 2. The van der Waals surface area contributed by atoms with Gasteiger partial charge in [-0.15, -0.1) is 0 Å². The van der Waals surface area contributed by atoms with Crippen molar-refractivity contribution in [2.24, 2.45) is 0 Å². The third-order valence-electron chi connectivity index (χ3n) is 2.98. The fourth-order valence-corrected chi connectivity index (χ4v) is 2.05. The Balaban J connectivity index is 2.35. The summed E-state index contributed by atoms with van der Waals surface area (Å²) in [6, 6.07) is 2.91. The number of hydrogen-bond donors (Lipinski definition) is 1. The molecule has 10 heteroatoms. The number of amides is 1. The van der Waals surface area contributed by atoms with Gasteiger partial charge in [-0.1, -0.05) is 0 Å². The van der Waals surface area contributed by atoms with Crippen molar-refractivity contribution in [2.45, 2.75) is 39.1 Å². The zero-order chi connectivity index (χ0) is 19.7. The SMILES string of the molecule is CC(C)(C)OC(=O)NCc1cc(C(F)(F)F)nn1-c1cc(F)cc(F)c1. The number of hydrogen-bond acceptors (Lipinski definition) is 3. The molecule has 2 rings (SSSR count). The predicted octanol–water partition coefficient (Wildman–Crippen LogP) is 4.19. The number of carbonyl (C=O) groups is 1. The van der Waals surface area contributed by atoms with Crippen LogP contribution in [0.4, 0.5) is 26.7 Å². The summed E-state index contributed by atoms with van der Waals surface area (Å²) in [5, 5.41) is 5.64. The maximum absolute atomic E-state index is 13.4. The number of nitrogens with one attached hydrogen (secondary N) is 1. The smallest absolute Gasteiger partial charge is 0.435 e. The van der Waals surface area contributed by atoms with E-state index in [1.165, 1.54) is 0 Å². The molecule has 1 amide bonds. The van der Waals surface area contributed by atoms with E-state index < -0.39 is 41.7 Å². The Labute approximate surface area is 145 Å². The summed E-state index contributed by atoms with van der Waals surface area (Å²) in [7, 11) is 0. The molecule has 0 aliphatic heterocycles. The summed E-state index contributed by atoms with van der Waals surface area (Å²) in [5.74, 6) is -1.95. The molecule has 0 saturated heterocycles. The van der Waals surface area contributed by atoms with E-state index in [1.54, 1.807) is 20.8 Å². The highest BCUT2D eigenvalue weighted by molar-refractivity contribution is 5.67. The Kier molecular flexibility index (Phi) is 5.24. The molecule has 142 valence electrons. The Morgan fingerprint density at radius 2 is 1.69 bits per heavy atom. The minimum atomic E-state index is -4.77. The normalized spacial score (nSPS) is 12.2. The van der Waals surface area contributed by atoms with Crippen molar-refractivity contribution in [2.75, 3.05) is 0 Å². The van der Waals surface area contributed by atoms with Crippen LogP contribution in [0.2, 0.25) is 0 Å². The number of alkyl halides is 3. The van der Waals surface area contributed by atoms with Gasteiger partial charge >= 0.3 is 12.3 Å². The Morgan fingerprint density at radius 1 is 1.12 bits per heavy atom. The average Bonchev–Trinajstić information content (AvgIpc) is 2.86. The van der Waals surface area contributed by atoms with Crippen molar-refractivity contribution < 1.29 is 31.5 Å². The van der Waals surface area contributed by atoms with Crippen LogP contribution in [0.3, 0.4) is 0 Å². The van der Waals surface area contributed by atoms with E-state index in [1.807, 2.05) is 0 Å². The fourth-order valence-electron chi connectivity index (χ4n) is 2.05. The van der Waals surface area contributed by atoms with Crippen molar-refractivity contribution in [3.8, 4) is 5.69 Å². The lowest BCUT2D eigenvalue weighted by molar-refractivity contribution is -0.141. The lowest BCUT2D eigenvalue weighted by Gasteiger charge is -2.19. The van der Waals surface area contributed by atoms with Crippen molar-refractivity contribution in [3.63, 3.8) is 0 Å². The monoisotopic (exact) mass is 377 g/mol. The molecule has 0 radical (unpaired) electrons. The van der Waals surface area contributed by atoms with Gasteiger partial charge in [0.25, 0.3) is 0 Å². The molecule has 26 heavy (non-hydrogen) atoms. The number of rotatable bonds is 3. The molecule has 0 unspecified atom stereocenters. The van der Waals surface area contributed by atoms with Crippen LogP contribution >= 0.6 is 0 Å². The quantitative estimate of drug-likeness (QED) is 0.816. The largest absolute Gasteiger partial charge is 0.444 e. The topological polar surface area (TPSA) is 56.1 Å². The molecule has 0 bridgehead atoms. The van der Waals surface area contributed by atoms with Crippen LogP contribution in [0.25, 0.3) is 5.69 Å². The Morgan fingerprint density at radius 3 is 2.19 bits per heavy atom. The lowest BCUT2D eigenvalue weighted by atomic mass is 10.2. The highest BCUT2D eigenvalue weighted by Gasteiger charge is 2.35. The first-order chi connectivity index (χ1) is 11.8. The Hall–Kier alpha value is -2.65. The van der Waals surface area contributed by atoms with E-state index in [4.69, 9.17) is 4.74 Å². The van der Waals surface area contributed by atoms with Crippen LogP contribution in [0.1, 0.15) is 32.2 Å². The van der Waals surface area contributed by atoms with Crippen molar-refractivity contribution >= 4 is 6.09 Å². The fraction of sp³-hybridized carbons (Fsp3) is 0.375. The lowest BCUT2D eigenvalue weighted by Crippen LogP contribution is -2.32. The molecule has 1 heterocycles. The maximum atomic E-state index is 13.4. The van der Waals surface area contributed by atoms with Crippen molar-refractivity contribution in [1.29, 1.82) is 0 Å². The summed E-state index contributed by atoms with van der Waals surface area (Å²) in [6.07, 6.45) is -5.62. The van der Waals surface area contributed by atoms with E-state index in [0.717, 1.165) is 12.1 Å². The number of benzene rings is 1. The van der Waals surface area contributed by atoms with Crippen LogP contribution in [0.15, 0.2) is 24.3 Å². The van der Waals surface area contributed by atoms with Crippen molar-refractivity contribution in [3.05, 3.63) is 47.3 Å². The van der Waals surface area contributed by atoms with Gasteiger partial charge in [-0.2, -0.15) is 18.3 Å². The average molecular weight is 377 g/mol. The van der Waals surface area contributed by atoms with Gasteiger partial charge in [-0.3, -0.25) is 0 Å². The van der Waals surface area contributed by atoms with Crippen LogP contribution < -0.4 is 5.32 Å². The number of ether oxygens (including phenoxy) is 1. The minimum absolute atomic E-state index is 0.131. The summed E-state index contributed by atoms with van der Waals surface area (Å²) in [5.41, 5.74) is -2.44.